The number of phenolic OH excluding ortho intramolecular Hbond substituents is 2. The lowest BCUT2D eigenvalue weighted by Gasteiger charge is -2.29. The highest BCUT2D eigenvalue weighted by Gasteiger charge is 2.25. The van der Waals surface area contributed by atoms with Crippen LogP contribution in [0.1, 0.15) is 48.3 Å². The summed E-state index contributed by atoms with van der Waals surface area (Å²) in [5, 5.41) is 22.6. The Bertz CT molecular complexity index is 749. The second-order valence-electron chi connectivity index (χ2n) is 6.96. The Morgan fingerprint density at radius 2 is 1.80 bits per heavy atom. The molecule has 0 saturated heterocycles. The lowest BCUT2D eigenvalue weighted by atomic mass is 9.81. The van der Waals surface area contributed by atoms with Gasteiger partial charge in [-0.1, -0.05) is 30.3 Å². The molecule has 1 aliphatic carbocycles. The quantitative estimate of drug-likeness (QED) is 0.794. The van der Waals surface area contributed by atoms with Crippen LogP contribution in [-0.2, 0) is 11.2 Å². The van der Waals surface area contributed by atoms with E-state index in [1.54, 1.807) is 12.1 Å². The van der Waals surface area contributed by atoms with Crippen molar-refractivity contribution in [2.24, 2.45) is 0 Å². The second-order valence-corrected chi connectivity index (χ2v) is 6.96. The molecule has 0 aliphatic heterocycles. The van der Waals surface area contributed by atoms with Crippen LogP contribution in [0.25, 0.3) is 0 Å². The van der Waals surface area contributed by atoms with Crippen LogP contribution in [0.3, 0.4) is 0 Å². The zero-order valence-corrected chi connectivity index (χ0v) is 14.5. The zero-order valence-electron chi connectivity index (χ0n) is 14.5. The minimum Gasteiger partial charge on any atom is -0.508 e. The fourth-order valence-electron chi connectivity index (χ4n) is 3.69. The van der Waals surface area contributed by atoms with Gasteiger partial charge in [0, 0.05) is 12.1 Å². The number of amides is 1. The van der Waals surface area contributed by atoms with Gasteiger partial charge in [0.25, 0.3) is 0 Å². The molecular formula is C21H25NO3. The molecule has 2 aromatic rings. The molecule has 1 saturated carbocycles. The number of nitrogens with one attached hydrogen (secondary N) is 1. The molecular weight excluding hydrogens is 314 g/mol. The van der Waals surface area contributed by atoms with E-state index in [1.165, 1.54) is 6.07 Å². The Kier molecular flexibility index (Phi) is 5.27. The van der Waals surface area contributed by atoms with E-state index in [1.807, 2.05) is 31.2 Å². The van der Waals surface area contributed by atoms with Gasteiger partial charge in [0.1, 0.15) is 11.5 Å². The number of benzene rings is 2. The maximum Gasteiger partial charge on any atom is 0.224 e. The lowest BCUT2D eigenvalue weighted by molar-refractivity contribution is -0.121. The molecule has 4 nitrogen and oxygen atoms in total. The number of hydrogen-bond acceptors (Lipinski definition) is 3. The fourth-order valence-corrected chi connectivity index (χ4v) is 3.69. The summed E-state index contributed by atoms with van der Waals surface area (Å²) in [6.45, 7) is 2.03. The Hall–Kier alpha value is -2.49. The van der Waals surface area contributed by atoms with E-state index >= 15 is 0 Å². The van der Waals surface area contributed by atoms with Crippen molar-refractivity contribution in [2.75, 3.05) is 0 Å². The molecule has 0 atom stereocenters. The maximum atomic E-state index is 12.3. The van der Waals surface area contributed by atoms with Gasteiger partial charge >= 0.3 is 0 Å². The SMILES string of the molecule is Cc1ccccc1CC(=O)NC1CCC(c2ccc(O)cc2O)CC1. The molecule has 0 radical (unpaired) electrons. The Labute approximate surface area is 148 Å². The number of aromatic hydroxyl groups is 2. The van der Waals surface area contributed by atoms with E-state index in [9.17, 15) is 15.0 Å². The molecule has 25 heavy (non-hydrogen) atoms. The summed E-state index contributed by atoms with van der Waals surface area (Å²) in [6.07, 6.45) is 4.08. The van der Waals surface area contributed by atoms with Crippen LogP contribution in [0.5, 0.6) is 11.5 Å². The smallest absolute Gasteiger partial charge is 0.224 e. The predicted molar refractivity (Wildman–Crippen MR) is 97.8 cm³/mol. The molecule has 0 unspecified atom stereocenters. The van der Waals surface area contributed by atoms with E-state index in [0.29, 0.717) is 6.42 Å². The highest BCUT2D eigenvalue weighted by atomic mass is 16.3. The molecule has 1 amide bonds. The van der Waals surface area contributed by atoms with Gasteiger partial charge in [0.2, 0.25) is 5.91 Å². The number of carbonyl (C=O) groups excluding carboxylic acids is 1. The number of aryl methyl sites for hydroxylation is 1. The van der Waals surface area contributed by atoms with E-state index in [0.717, 1.165) is 42.4 Å². The molecule has 132 valence electrons. The van der Waals surface area contributed by atoms with Crippen LogP contribution in [0, 0.1) is 6.92 Å². The van der Waals surface area contributed by atoms with Gasteiger partial charge in [-0.25, -0.2) is 0 Å². The number of carbonyl (C=O) groups is 1. The summed E-state index contributed by atoms with van der Waals surface area (Å²) in [5.74, 6) is 0.598. The van der Waals surface area contributed by atoms with Gasteiger partial charge in [0.05, 0.1) is 6.42 Å². The third-order valence-electron chi connectivity index (χ3n) is 5.16. The second kappa shape index (κ2) is 7.60. The van der Waals surface area contributed by atoms with Crippen molar-refractivity contribution in [1.82, 2.24) is 5.32 Å². The molecule has 3 rings (SSSR count). The third-order valence-corrected chi connectivity index (χ3v) is 5.16. The van der Waals surface area contributed by atoms with Crippen LogP contribution in [0.15, 0.2) is 42.5 Å². The summed E-state index contributed by atoms with van der Waals surface area (Å²) >= 11 is 0. The van der Waals surface area contributed by atoms with Crippen molar-refractivity contribution < 1.29 is 15.0 Å². The third kappa shape index (κ3) is 4.32. The minimum absolute atomic E-state index is 0.0743. The van der Waals surface area contributed by atoms with Crippen LogP contribution in [-0.4, -0.2) is 22.2 Å². The molecule has 3 N–H and O–H groups in total. The summed E-state index contributed by atoms with van der Waals surface area (Å²) in [4.78, 5) is 12.3. The molecule has 4 heteroatoms. The van der Waals surface area contributed by atoms with E-state index in [4.69, 9.17) is 0 Å². The van der Waals surface area contributed by atoms with Gasteiger partial charge in [-0.3, -0.25) is 4.79 Å². The van der Waals surface area contributed by atoms with Gasteiger partial charge < -0.3 is 15.5 Å². The fraction of sp³-hybridized carbons (Fsp3) is 0.381. The van der Waals surface area contributed by atoms with Gasteiger partial charge in [-0.05, 0) is 61.3 Å². The molecule has 1 aliphatic rings. The van der Waals surface area contributed by atoms with Gasteiger partial charge in [-0.15, -0.1) is 0 Å². The molecule has 0 aromatic heterocycles. The number of hydrogen-bond donors (Lipinski definition) is 3. The predicted octanol–water partition coefficient (Wildman–Crippen LogP) is 3.79. The van der Waals surface area contributed by atoms with E-state index < -0.39 is 0 Å². The summed E-state index contributed by atoms with van der Waals surface area (Å²) in [6, 6.07) is 13.0. The Morgan fingerprint density at radius 3 is 2.48 bits per heavy atom. The first-order valence-electron chi connectivity index (χ1n) is 8.88. The first-order chi connectivity index (χ1) is 12.0. The van der Waals surface area contributed by atoms with E-state index in [2.05, 4.69) is 5.32 Å². The molecule has 1 fully saturated rings. The lowest BCUT2D eigenvalue weighted by Crippen LogP contribution is -2.38. The Morgan fingerprint density at radius 1 is 1.08 bits per heavy atom. The first kappa shape index (κ1) is 17.3. The number of phenols is 2. The maximum absolute atomic E-state index is 12.3. The van der Waals surface area contributed by atoms with Crippen molar-refractivity contribution in [3.05, 3.63) is 59.2 Å². The first-order valence-corrected chi connectivity index (χ1v) is 8.88. The van der Waals surface area contributed by atoms with Crippen molar-refractivity contribution in [3.8, 4) is 11.5 Å². The average molecular weight is 339 g/mol. The molecule has 0 heterocycles. The highest BCUT2D eigenvalue weighted by Crippen LogP contribution is 2.38. The van der Waals surface area contributed by atoms with Crippen LogP contribution in [0.4, 0.5) is 0 Å². The van der Waals surface area contributed by atoms with Gasteiger partial charge in [0.15, 0.2) is 0 Å². The van der Waals surface area contributed by atoms with Gasteiger partial charge in [-0.2, -0.15) is 0 Å². The summed E-state index contributed by atoms with van der Waals surface area (Å²) in [7, 11) is 0. The zero-order chi connectivity index (χ0) is 17.8. The molecule has 0 bridgehead atoms. The molecule has 2 aromatic carbocycles. The normalized spacial score (nSPS) is 20.2. The summed E-state index contributed by atoms with van der Waals surface area (Å²) < 4.78 is 0. The van der Waals surface area contributed by atoms with Crippen molar-refractivity contribution in [2.45, 2.75) is 51.0 Å². The average Bonchev–Trinajstić information content (AvgIpc) is 2.58. The highest BCUT2D eigenvalue weighted by molar-refractivity contribution is 5.79. The van der Waals surface area contributed by atoms with Crippen molar-refractivity contribution in [1.29, 1.82) is 0 Å². The molecule has 0 spiro atoms. The largest absolute Gasteiger partial charge is 0.508 e. The number of rotatable bonds is 4. The minimum atomic E-state index is 0.0743. The van der Waals surface area contributed by atoms with Crippen LogP contribution < -0.4 is 5.32 Å². The standard InChI is InChI=1S/C21H25NO3/c1-14-4-2-3-5-16(14)12-21(25)22-17-8-6-15(7-9-17)19-11-10-18(23)13-20(19)24/h2-5,10-11,13,15,17,23-24H,6-9,12H2,1H3,(H,22,25). The Balaban J connectivity index is 1.52. The van der Waals surface area contributed by atoms with Crippen LogP contribution in [0.2, 0.25) is 0 Å². The monoisotopic (exact) mass is 339 g/mol. The summed E-state index contributed by atoms with van der Waals surface area (Å²) in [5.41, 5.74) is 3.11. The van der Waals surface area contributed by atoms with Crippen LogP contribution >= 0.6 is 0 Å². The van der Waals surface area contributed by atoms with Crippen molar-refractivity contribution in [3.63, 3.8) is 0 Å². The van der Waals surface area contributed by atoms with Crippen molar-refractivity contribution >= 4 is 5.91 Å². The van der Waals surface area contributed by atoms with E-state index in [-0.39, 0.29) is 29.4 Å². The topological polar surface area (TPSA) is 69.6 Å².